The highest BCUT2D eigenvalue weighted by Gasteiger charge is 1.92. The summed E-state index contributed by atoms with van der Waals surface area (Å²) in [6.07, 6.45) is 1.28. The molecule has 1 saturated heterocycles. The van der Waals surface area contributed by atoms with Gasteiger partial charge >= 0.3 is 9.29 Å². The molecule has 0 unspecified atom stereocenters. The van der Waals surface area contributed by atoms with Gasteiger partial charge in [-0.05, 0) is 19.5 Å². The van der Waals surface area contributed by atoms with E-state index in [1.54, 1.807) is 0 Å². The summed E-state index contributed by atoms with van der Waals surface area (Å²) in [5.41, 5.74) is 0. The Morgan fingerprint density at radius 3 is 1.70 bits per heavy atom. The van der Waals surface area contributed by atoms with Gasteiger partial charge in [0.15, 0.2) is 0 Å². The normalized spacial score (nSPS) is 17.6. The molecule has 0 aromatic rings. The Hall–Kier alpha value is -0.263. The van der Waals surface area contributed by atoms with Gasteiger partial charge in [-0.2, -0.15) is 0 Å². The minimum absolute atomic E-state index is 1.14. The van der Waals surface area contributed by atoms with Crippen molar-refractivity contribution in [2.45, 2.75) is 6.42 Å². The fourth-order valence-corrected chi connectivity index (χ4v) is 0.765. The first-order chi connectivity index (χ1) is 4.91. The van der Waals surface area contributed by atoms with Crippen LogP contribution in [0.1, 0.15) is 6.42 Å². The lowest BCUT2D eigenvalue weighted by Crippen LogP contribution is -2.21. The Morgan fingerprint density at radius 1 is 0.900 bits per heavy atom. The summed E-state index contributed by atoms with van der Waals surface area (Å²) in [4.78, 5) is 0. The van der Waals surface area contributed by atoms with E-state index in [0.29, 0.717) is 0 Å². The van der Waals surface area contributed by atoms with E-state index in [4.69, 9.17) is 8.92 Å². The highest BCUT2D eigenvalue weighted by atomic mass is 28.2. The van der Waals surface area contributed by atoms with Crippen LogP contribution in [0.15, 0.2) is 0 Å². The number of rotatable bonds is 0. The van der Waals surface area contributed by atoms with Gasteiger partial charge < -0.3 is 10.6 Å². The number of hydrogen-bond donors (Lipinski definition) is 2. The summed E-state index contributed by atoms with van der Waals surface area (Å²) >= 11 is 0. The Bertz CT molecular complexity index is 84.2. The van der Waals surface area contributed by atoms with E-state index in [0.717, 1.165) is 13.1 Å². The zero-order valence-electron chi connectivity index (χ0n) is 5.85. The van der Waals surface area contributed by atoms with Crippen LogP contribution >= 0.6 is 0 Å². The average molecular weight is 160 g/mol. The maximum atomic E-state index is 8.40. The van der Waals surface area contributed by atoms with Crippen LogP contribution in [0.4, 0.5) is 0 Å². The van der Waals surface area contributed by atoms with E-state index in [9.17, 15) is 0 Å². The first kappa shape index (κ1) is 9.74. The largest absolute Gasteiger partial charge is 0.549 e. The second-order valence-electron chi connectivity index (χ2n) is 1.94. The fraction of sp³-hybridized carbons (Fsp3) is 1.00. The van der Waals surface area contributed by atoms with Crippen molar-refractivity contribution in [1.82, 2.24) is 10.6 Å². The van der Waals surface area contributed by atoms with Crippen LogP contribution < -0.4 is 10.6 Å². The predicted octanol–water partition coefficient (Wildman–Crippen LogP) is -1.05. The molecular formula is C5H12N2O2Si. The van der Waals surface area contributed by atoms with E-state index in [2.05, 4.69) is 10.6 Å². The predicted molar refractivity (Wildman–Crippen MR) is 37.5 cm³/mol. The van der Waals surface area contributed by atoms with Crippen molar-refractivity contribution < 1.29 is 8.92 Å². The summed E-state index contributed by atoms with van der Waals surface area (Å²) in [5.74, 6) is 0. The second-order valence-corrected chi connectivity index (χ2v) is 2.10. The van der Waals surface area contributed by atoms with E-state index in [1.165, 1.54) is 19.5 Å². The quantitative estimate of drug-likeness (QED) is 0.444. The molecule has 0 aromatic carbocycles. The van der Waals surface area contributed by atoms with Crippen LogP contribution in [0, 0.1) is 0 Å². The van der Waals surface area contributed by atoms with Gasteiger partial charge in [0, 0.05) is 13.1 Å². The smallest absolute Gasteiger partial charge is 0.315 e. The average Bonchev–Trinajstić information content (AvgIpc) is 2.17. The number of hydrogen-bond acceptors (Lipinski definition) is 4. The van der Waals surface area contributed by atoms with Gasteiger partial charge in [-0.25, -0.2) is 0 Å². The van der Waals surface area contributed by atoms with E-state index in [1.807, 2.05) is 0 Å². The molecule has 4 nitrogen and oxygen atoms in total. The highest BCUT2D eigenvalue weighted by Crippen LogP contribution is 1.75. The fourth-order valence-electron chi connectivity index (χ4n) is 0.765. The molecule has 0 aromatic heterocycles. The minimum Gasteiger partial charge on any atom is -0.315 e. The van der Waals surface area contributed by atoms with Crippen LogP contribution in [0.2, 0.25) is 0 Å². The molecule has 0 atom stereocenters. The third kappa shape index (κ3) is 7.74. The Labute approximate surface area is 62.3 Å². The lowest BCUT2D eigenvalue weighted by Gasteiger charge is -1.92. The molecule has 5 heteroatoms. The van der Waals surface area contributed by atoms with Crippen molar-refractivity contribution in [3.63, 3.8) is 0 Å². The van der Waals surface area contributed by atoms with Crippen LogP contribution in [0.5, 0.6) is 0 Å². The molecule has 1 aliphatic heterocycles. The van der Waals surface area contributed by atoms with Crippen LogP contribution in [-0.4, -0.2) is 35.5 Å². The maximum Gasteiger partial charge on any atom is 0.549 e. The molecule has 10 heavy (non-hydrogen) atoms. The molecule has 1 heterocycles. The molecule has 1 aliphatic rings. The molecular weight excluding hydrogens is 148 g/mol. The topological polar surface area (TPSA) is 58.2 Å². The Balaban J connectivity index is 0.000000236. The van der Waals surface area contributed by atoms with Crippen molar-refractivity contribution in [3.8, 4) is 0 Å². The second kappa shape index (κ2) is 8.74. The van der Waals surface area contributed by atoms with E-state index >= 15 is 0 Å². The van der Waals surface area contributed by atoms with Gasteiger partial charge in [0.1, 0.15) is 0 Å². The van der Waals surface area contributed by atoms with Gasteiger partial charge in [0.2, 0.25) is 0 Å². The standard InChI is InChI=1S/C5H12N2.O2Si/c1-2-6-4-5-7-3-1;1-3-2/h6-7H,1-5H2;. The Morgan fingerprint density at radius 2 is 1.30 bits per heavy atom. The molecule has 0 radical (unpaired) electrons. The molecule has 0 bridgehead atoms. The Kier molecular flexibility index (Phi) is 8.51. The lowest BCUT2D eigenvalue weighted by molar-refractivity contribution is 0.497. The maximum absolute atomic E-state index is 8.40. The van der Waals surface area contributed by atoms with Crippen LogP contribution in [-0.2, 0) is 8.92 Å². The summed E-state index contributed by atoms with van der Waals surface area (Å²) in [5, 5.41) is 6.57. The van der Waals surface area contributed by atoms with Gasteiger partial charge in [0.05, 0.1) is 0 Å². The molecule has 0 spiro atoms. The molecule has 0 saturated carbocycles. The molecule has 0 aliphatic carbocycles. The van der Waals surface area contributed by atoms with Gasteiger partial charge in [-0.1, -0.05) is 0 Å². The number of nitrogens with one attached hydrogen (secondary N) is 2. The molecule has 0 amide bonds. The first-order valence-corrected chi connectivity index (χ1v) is 4.14. The van der Waals surface area contributed by atoms with Crippen molar-refractivity contribution in [3.05, 3.63) is 0 Å². The zero-order chi connectivity index (χ0) is 7.66. The molecule has 1 rings (SSSR count). The van der Waals surface area contributed by atoms with Crippen molar-refractivity contribution in [2.75, 3.05) is 26.2 Å². The van der Waals surface area contributed by atoms with E-state index < -0.39 is 9.29 Å². The van der Waals surface area contributed by atoms with Gasteiger partial charge in [-0.15, -0.1) is 0 Å². The minimum atomic E-state index is -1.42. The molecule has 58 valence electrons. The summed E-state index contributed by atoms with van der Waals surface area (Å²) in [6.45, 7) is 4.65. The van der Waals surface area contributed by atoms with Crippen LogP contribution in [0.25, 0.3) is 0 Å². The third-order valence-electron chi connectivity index (χ3n) is 1.19. The summed E-state index contributed by atoms with van der Waals surface area (Å²) in [7, 11) is -1.42. The van der Waals surface area contributed by atoms with Crippen molar-refractivity contribution in [2.24, 2.45) is 0 Å². The highest BCUT2D eigenvalue weighted by molar-refractivity contribution is 5.94. The zero-order valence-corrected chi connectivity index (χ0v) is 6.85. The monoisotopic (exact) mass is 160 g/mol. The summed E-state index contributed by atoms with van der Waals surface area (Å²) < 4.78 is 16.8. The van der Waals surface area contributed by atoms with E-state index in [-0.39, 0.29) is 0 Å². The molecule has 1 fully saturated rings. The van der Waals surface area contributed by atoms with Gasteiger partial charge in [-0.3, -0.25) is 8.92 Å². The van der Waals surface area contributed by atoms with Crippen LogP contribution in [0.3, 0.4) is 0 Å². The van der Waals surface area contributed by atoms with Crippen molar-refractivity contribution in [1.29, 1.82) is 0 Å². The lowest BCUT2D eigenvalue weighted by atomic mass is 10.4. The first-order valence-electron chi connectivity index (χ1n) is 3.32. The summed E-state index contributed by atoms with van der Waals surface area (Å²) in [6, 6.07) is 0. The van der Waals surface area contributed by atoms with Crippen molar-refractivity contribution >= 4 is 9.29 Å². The van der Waals surface area contributed by atoms with Gasteiger partial charge in [0.25, 0.3) is 0 Å². The molecule has 2 N–H and O–H groups in total. The third-order valence-corrected chi connectivity index (χ3v) is 1.19. The SMILES string of the molecule is C1CNCCNC1.O=[Si]=O.